The van der Waals surface area contributed by atoms with Gasteiger partial charge >= 0.3 is 0 Å². The molecule has 1 fully saturated rings. The highest BCUT2D eigenvalue weighted by Gasteiger charge is 2.30. The summed E-state index contributed by atoms with van der Waals surface area (Å²) in [5, 5.41) is 0. The van der Waals surface area contributed by atoms with Gasteiger partial charge in [0.25, 0.3) is 0 Å². The lowest BCUT2D eigenvalue weighted by Gasteiger charge is -2.34. The summed E-state index contributed by atoms with van der Waals surface area (Å²) in [5.74, 6) is 1.52. The van der Waals surface area contributed by atoms with Crippen LogP contribution in [0.25, 0.3) is 0 Å². The van der Waals surface area contributed by atoms with Gasteiger partial charge in [-0.15, -0.1) is 0 Å². The van der Waals surface area contributed by atoms with Crippen LogP contribution in [0.1, 0.15) is 31.2 Å². The van der Waals surface area contributed by atoms with Gasteiger partial charge in [-0.05, 0) is 31.4 Å². The highest BCUT2D eigenvalue weighted by atomic mass is 16.5. The molecule has 0 spiro atoms. The molecular weight excluding hydrogens is 174 g/mol. The molecule has 2 heteroatoms. The van der Waals surface area contributed by atoms with E-state index in [1.165, 1.54) is 12.0 Å². The van der Waals surface area contributed by atoms with E-state index in [2.05, 4.69) is 12.1 Å². The van der Waals surface area contributed by atoms with Gasteiger partial charge in [0, 0.05) is 12.0 Å². The Bertz CT molecular complexity index is 311. The first-order valence-electron chi connectivity index (χ1n) is 5.30. The molecular formula is C12H17NO. The van der Waals surface area contributed by atoms with Crippen LogP contribution < -0.4 is 10.5 Å². The molecule has 2 atom stereocenters. The Balaban J connectivity index is 2.22. The molecule has 1 aromatic rings. The lowest BCUT2D eigenvalue weighted by atomic mass is 9.75. The van der Waals surface area contributed by atoms with E-state index >= 15 is 0 Å². The van der Waals surface area contributed by atoms with Crippen molar-refractivity contribution in [2.75, 3.05) is 6.61 Å². The number of ether oxygens (including phenoxy) is 1. The molecule has 0 aliphatic heterocycles. The molecule has 2 unspecified atom stereocenters. The van der Waals surface area contributed by atoms with Crippen LogP contribution in [-0.4, -0.2) is 12.6 Å². The van der Waals surface area contributed by atoms with Gasteiger partial charge in [-0.25, -0.2) is 0 Å². The molecule has 0 heterocycles. The van der Waals surface area contributed by atoms with E-state index in [9.17, 15) is 0 Å². The summed E-state index contributed by atoms with van der Waals surface area (Å²) in [5.41, 5.74) is 7.25. The normalized spacial score (nSPS) is 25.6. The SMILES string of the molecule is CCOc1ccccc1C1CCC1N. The van der Waals surface area contributed by atoms with Crippen molar-refractivity contribution in [2.45, 2.75) is 31.7 Å². The van der Waals surface area contributed by atoms with Crippen LogP contribution in [0.15, 0.2) is 24.3 Å². The largest absolute Gasteiger partial charge is 0.494 e. The number of nitrogens with two attached hydrogens (primary N) is 1. The van der Waals surface area contributed by atoms with Gasteiger partial charge < -0.3 is 10.5 Å². The summed E-state index contributed by atoms with van der Waals surface area (Å²) in [7, 11) is 0. The molecule has 0 radical (unpaired) electrons. The number of benzene rings is 1. The van der Waals surface area contributed by atoms with E-state index in [0.29, 0.717) is 12.0 Å². The van der Waals surface area contributed by atoms with Crippen molar-refractivity contribution < 1.29 is 4.74 Å². The monoisotopic (exact) mass is 191 g/mol. The molecule has 76 valence electrons. The molecule has 0 aromatic heterocycles. The first-order valence-corrected chi connectivity index (χ1v) is 5.30. The minimum absolute atomic E-state index is 0.330. The van der Waals surface area contributed by atoms with Crippen LogP contribution >= 0.6 is 0 Å². The Morgan fingerprint density at radius 2 is 2.14 bits per heavy atom. The lowest BCUT2D eigenvalue weighted by molar-refractivity contribution is 0.306. The Hall–Kier alpha value is -1.02. The molecule has 14 heavy (non-hydrogen) atoms. The molecule has 0 bridgehead atoms. The number of hydrogen-bond acceptors (Lipinski definition) is 2. The predicted molar refractivity (Wildman–Crippen MR) is 57.6 cm³/mol. The van der Waals surface area contributed by atoms with Crippen molar-refractivity contribution in [1.82, 2.24) is 0 Å². The van der Waals surface area contributed by atoms with Crippen molar-refractivity contribution in [3.8, 4) is 5.75 Å². The zero-order valence-electron chi connectivity index (χ0n) is 8.57. The molecule has 1 aliphatic carbocycles. The van der Waals surface area contributed by atoms with Crippen LogP contribution in [-0.2, 0) is 0 Å². The van der Waals surface area contributed by atoms with Crippen LogP contribution in [0.4, 0.5) is 0 Å². The van der Waals surface area contributed by atoms with Gasteiger partial charge in [0.05, 0.1) is 6.61 Å². The van der Waals surface area contributed by atoms with E-state index in [-0.39, 0.29) is 0 Å². The number of para-hydroxylation sites is 1. The average Bonchev–Trinajstić information content (AvgIpc) is 2.19. The fraction of sp³-hybridized carbons (Fsp3) is 0.500. The van der Waals surface area contributed by atoms with Crippen molar-refractivity contribution in [2.24, 2.45) is 5.73 Å². The maximum atomic E-state index is 5.96. The van der Waals surface area contributed by atoms with E-state index in [1.807, 2.05) is 19.1 Å². The third-order valence-corrected chi connectivity index (χ3v) is 2.95. The maximum Gasteiger partial charge on any atom is 0.122 e. The Morgan fingerprint density at radius 1 is 1.36 bits per heavy atom. The Labute approximate surface area is 85.1 Å². The molecule has 0 saturated heterocycles. The van der Waals surface area contributed by atoms with E-state index < -0.39 is 0 Å². The Kier molecular flexibility index (Phi) is 2.73. The molecule has 2 rings (SSSR count). The summed E-state index contributed by atoms with van der Waals surface area (Å²) >= 11 is 0. The molecule has 2 nitrogen and oxygen atoms in total. The van der Waals surface area contributed by atoms with E-state index in [1.54, 1.807) is 0 Å². The smallest absolute Gasteiger partial charge is 0.122 e. The molecule has 1 saturated carbocycles. The van der Waals surface area contributed by atoms with Gasteiger partial charge in [-0.1, -0.05) is 18.2 Å². The number of hydrogen-bond donors (Lipinski definition) is 1. The Morgan fingerprint density at radius 3 is 2.71 bits per heavy atom. The second-order valence-electron chi connectivity index (χ2n) is 3.82. The summed E-state index contributed by atoms with van der Waals surface area (Å²) in [6, 6.07) is 8.57. The van der Waals surface area contributed by atoms with Crippen LogP contribution in [0, 0.1) is 0 Å². The predicted octanol–water partition coefficient (Wildman–Crippen LogP) is 2.29. The van der Waals surface area contributed by atoms with Gasteiger partial charge in [-0.2, -0.15) is 0 Å². The third kappa shape index (κ3) is 1.62. The molecule has 1 aliphatic rings. The summed E-state index contributed by atoms with van der Waals surface area (Å²) in [6.07, 6.45) is 2.34. The maximum absolute atomic E-state index is 5.96. The summed E-state index contributed by atoms with van der Waals surface area (Å²) in [4.78, 5) is 0. The second-order valence-corrected chi connectivity index (χ2v) is 3.82. The van der Waals surface area contributed by atoms with Gasteiger partial charge in [0.2, 0.25) is 0 Å². The van der Waals surface area contributed by atoms with Crippen LogP contribution in [0.2, 0.25) is 0 Å². The fourth-order valence-electron chi connectivity index (χ4n) is 1.99. The first kappa shape index (κ1) is 9.53. The summed E-state index contributed by atoms with van der Waals surface area (Å²) in [6.45, 7) is 2.73. The highest BCUT2D eigenvalue weighted by molar-refractivity contribution is 5.38. The minimum atomic E-state index is 0.330. The fourth-order valence-corrected chi connectivity index (χ4v) is 1.99. The van der Waals surface area contributed by atoms with E-state index in [0.717, 1.165) is 18.8 Å². The van der Waals surface area contributed by atoms with Crippen LogP contribution in [0.5, 0.6) is 5.75 Å². The van der Waals surface area contributed by atoms with Gasteiger partial charge in [-0.3, -0.25) is 0 Å². The van der Waals surface area contributed by atoms with Gasteiger partial charge in [0.15, 0.2) is 0 Å². The molecule has 0 amide bonds. The molecule has 2 N–H and O–H groups in total. The summed E-state index contributed by atoms with van der Waals surface area (Å²) < 4.78 is 5.59. The zero-order chi connectivity index (χ0) is 9.97. The van der Waals surface area contributed by atoms with Crippen molar-refractivity contribution in [3.05, 3.63) is 29.8 Å². The lowest BCUT2D eigenvalue weighted by Crippen LogP contribution is -2.37. The average molecular weight is 191 g/mol. The van der Waals surface area contributed by atoms with Crippen molar-refractivity contribution >= 4 is 0 Å². The van der Waals surface area contributed by atoms with Gasteiger partial charge in [0.1, 0.15) is 5.75 Å². The third-order valence-electron chi connectivity index (χ3n) is 2.95. The standard InChI is InChI=1S/C12H17NO/c1-2-14-12-6-4-3-5-10(12)9-7-8-11(9)13/h3-6,9,11H,2,7-8,13H2,1H3. The van der Waals surface area contributed by atoms with Crippen LogP contribution in [0.3, 0.4) is 0 Å². The minimum Gasteiger partial charge on any atom is -0.494 e. The van der Waals surface area contributed by atoms with Crippen molar-refractivity contribution in [3.63, 3.8) is 0 Å². The number of rotatable bonds is 3. The van der Waals surface area contributed by atoms with E-state index in [4.69, 9.17) is 10.5 Å². The first-order chi connectivity index (χ1) is 6.83. The quantitative estimate of drug-likeness (QED) is 0.795. The van der Waals surface area contributed by atoms with Crippen molar-refractivity contribution in [1.29, 1.82) is 0 Å². The topological polar surface area (TPSA) is 35.2 Å². The molecule has 1 aromatic carbocycles. The highest BCUT2D eigenvalue weighted by Crippen LogP contribution is 2.39. The zero-order valence-corrected chi connectivity index (χ0v) is 8.57. The second kappa shape index (κ2) is 4.01.